The Bertz CT molecular complexity index is 1990. The van der Waals surface area contributed by atoms with Gasteiger partial charge < -0.3 is 61.9 Å². The average Bonchev–Trinajstić information content (AvgIpc) is 3.76. The number of likely N-dealkylation sites (tertiary alicyclic amines) is 1. The Morgan fingerprint density at radius 3 is 2.00 bits per heavy atom. The summed E-state index contributed by atoms with van der Waals surface area (Å²) in [6.07, 6.45) is 1.32. The number of amides is 8. The second-order valence-electron chi connectivity index (χ2n) is 18.5. The van der Waals surface area contributed by atoms with Crippen LogP contribution in [0.15, 0.2) is 24.3 Å². The lowest BCUT2D eigenvalue weighted by Crippen LogP contribution is -2.60. The Morgan fingerprint density at radius 1 is 0.768 bits per heavy atom. The van der Waals surface area contributed by atoms with E-state index in [1.807, 2.05) is 0 Å². The van der Waals surface area contributed by atoms with Crippen LogP contribution in [0.2, 0.25) is 5.02 Å². The lowest BCUT2D eigenvalue weighted by molar-refractivity contribution is -0.152. The maximum Gasteiger partial charge on any atom is 0.408 e. The Hall–Kier alpha value is -6.19. The SMILES string of the molecule is CC(C)[C@H](NC(=O)[C@H](CC(N)=O)NC(=O)[C@H](CC(=O)OC1CCCCC1)NC(=O)[C@H](CCCCNC(=O)OCc1ccccc1Cl)NC(=O)OC(C)(C)C)C(=O)N[C@@H](C)C(=O)N1CCC[C@H]1C(=O)O. The topological polar surface area (TPSA) is 320 Å². The molecule has 1 aromatic carbocycles. The Morgan fingerprint density at radius 2 is 1.39 bits per heavy atom. The van der Waals surface area contributed by atoms with E-state index in [4.69, 9.17) is 31.5 Å². The summed E-state index contributed by atoms with van der Waals surface area (Å²) in [6.45, 7) is 9.60. The molecule has 8 amide bonds. The van der Waals surface area contributed by atoms with Crippen LogP contribution in [0.4, 0.5) is 9.59 Å². The van der Waals surface area contributed by atoms with Crippen LogP contribution in [0.5, 0.6) is 0 Å². The van der Waals surface area contributed by atoms with E-state index in [1.165, 1.54) is 6.92 Å². The number of ether oxygens (including phenoxy) is 3. The highest BCUT2D eigenvalue weighted by Gasteiger charge is 2.39. The lowest BCUT2D eigenvalue weighted by Gasteiger charge is -2.29. The van der Waals surface area contributed by atoms with Crippen molar-refractivity contribution in [2.45, 2.75) is 173 Å². The van der Waals surface area contributed by atoms with Crippen molar-refractivity contribution in [2.24, 2.45) is 11.7 Å². The second kappa shape index (κ2) is 27.7. The molecular weight excluding hydrogens is 924 g/mol. The summed E-state index contributed by atoms with van der Waals surface area (Å²) < 4.78 is 16.3. The van der Waals surface area contributed by atoms with E-state index < -0.39 is 126 Å². The fourth-order valence-corrected chi connectivity index (χ4v) is 7.82. The lowest BCUT2D eigenvalue weighted by atomic mass is 9.98. The standard InChI is InChI=1S/C46H69ClN8O14/c1-26(2)37(41(61)50-27(3)42(62)55-22-14-20-34(55)43(63)64)54-40(60)32(23-35(48)56)51-39(59)33(24-36(57)68-29-16-8-7-9-17-29)52-38(58)31(53-45(66)69-46(4,5)6)19-12-13-21-49-44(65)67-25-28-15-10-11-18-30(28)47/h10-11,15,18,26-27,29,31-34,37H,7-9,12-14,16-17,19-25H2,1-6H3,(H2,48,56)(H,49,65)(H,50,61)(H,51,59)(H,52,58)(H,53,66)(H,54,60)(H,63,64)/t27-,31-,32-,33-,34-,37-/m0/s1. The Balaban J connectivity index is 1.78. The van der Waals surface area contributed by atoms with Gasteiger partial charge in [0, 0.05) is 23.7 Å². The van der Waals surface area contributed by atoms with Crippen LogP contribution in [0, 0.1) is 5.92 Å². The van der Waals surface area contributed by atoms with Crippen molar-refractivity contribution >= 4 is 71.2 Å². The molecule has 9 N–H and O–H groups in total. The van der Waals surface area contributed by atoms with E-state index in [0.717, 1.165) is 24.2 Å². The van der Waals surface area contributed by atoms with Crippen molar-refractivity contribution in [3.8, 4) is 0 Å². The van der Waals surface area contributed by atoms with E-state index in [0.29, 0.717) is 36.3 Å². The summed E-state index contributed by atoms with van der Waals surface area (Å²) in [5.41, 5.74) is 5.12. The zero-order chi connectivity index (χ0) is 51.4. The van der Waals surface area contributed by atoms with Crippen LogP contribution in [0.3, 0.4) is 0 Å². The largest absolute Gasteiger partial charge is 0.480 e. The highest BCUT2D eigenvalue weighted by Crippen LogP contribution is 2.22. The minimum absolute atomic E-state index is 0.0456. The molecule has 0 radical (unpaired) electrons. The van der Waals surface area contributed by atoms with Gasteiger partial charge in [0.2, 0.25) is 35.4 Å². The molecule has 3 rings (SSSR count). The number of nitrogens with zero attached hydrogens (tertiary/aromatic N) is 1. The zero-order valence-corrected chi connectivity index (χ0v) is 40.9. The zero-order valence-electron chi connectivity index (χ0n) is 40.2. The number of carbonyl (C=O) groups excluding carboxylic acids is 9. The first-order valence-corrected chi connectivity index (χ1v) is 23.7. The molecule has 0 bridgehead atoms. The number of carbonyl (C=O) groups is 10. The van der Waals surface area contributed by atoms with Crippen molar-refractivity contribution in [1.29, 1.82) is 0 Å². The number of nitrogens with two attached hydrogens (primary N) is 1. The van der Waals surface area contributed by atoms with Gasteiger partial charge in [-0.15, -0.1) is 0 Å². The van der Waals surface area contributed by atoms with Gasteiger partial charge in [-0.25, -0.2) is 14.4 Å². The summed E-state index contributed by atoms with van der Waals surface area (Å²) in [7, 11) is 0. The number of nitrogens with one attached hydrogen (secondary N) is 6. The summed E-state index contributed by atoms with van der Waals surface area (Å²) in [4.78, 5) is 133. The number of hydrogen-bond donors (Lipinski definition) is 8. The number of halogens is 1. The first kappa shape index (κ1) is 57.1. The molecule has 0 spiro atoms. The molecule has 6 atom stereocenters. The van der Waals surface area contributed by atoms with Crippen molar-refractivity contribution in [2.75, 3.05) is 13.1 Å². The maximum absolute atomic E-state index is 14.1. The van der Waals surface area contributed by atoms with Gasteiger partial charge in [0.05, 0.1) is 12.8 Å². The number of benzene rings is 1. The molecule has 0 unspecified atom stereocenters. The molecule has 69 heavy (non-hydrogen) atoms. The maximum atomic E-state index is 14.1. The van der Waals surface area contributed by atoms with Gasteiger partial charge in [0.25, 0.3) is 0 Å². The number of carboxylic acid groups (broad SMARTS) is 1. The molecular formula is C46H69ClN8O14. The number of rotatable bonds is 24. The first-order chi connectivity index (χ1) is 32.4. The predicted octanol–water partition coefficient (Wildman–Crippen LogP) is 2.46. The molecule has 1 saturated heterocycles. The van der Waals surface area contributed by atoms with Crippen LogP contribution in [0.1, 0.15) is 124 Å². The van der Waals surface area contributed by atoms with Crippen LogP contribution in [-0.2, 0) is 59.2 Å². The molecule has 1 aromatic rings. The molecule has 2 aliphatic rings. The van der Waals surface area contributed by atoms with E-state index in [9.17, 15) is 53.1 Å². The van der Waals surface area contributed by atoms with E-state index >= 15 is 0 Å². The summed E-state index contributed by atoms with van der Waals surface area (Å²) in [5, 5.41) is 24.9. The van der Waals surface area contributed by atoms with Gasteiger partial charge in [0.1, 0.15) is 54.6 Å². The summed E-state index contributed by atoms with van der Waals surface area (Å²) in [6, 6.07) is -1.58. The minimum atomic E-state index is -1.75. The van der Waals surface area contributed by atoms with Gasteiger partial charge in [-0.1, -0.05) is 50.1 Å². The molecule has 2 fully saturated rings. The molecule has 22 nitrogen and oxygen atoms in total. The van der Waals surface area contributed by atoms with Gasteiger partial charge in [-0.05, 0) is 97.5 Å². The normalized spacial score (nSPS) is 17.2. The van der Waals surface area contributed by atoms with Crippen LogP contribution < -0.4 is 37.6 Å². The molecule has 23 heteroatoms. The van der Waals surface area contributed by atoms with E-state index in [1.54, 1.807) is 58.9 Å². The smallest absolute Gasteiger partial charge is 0.408 e. The molecule has 1 aliphatic heterocycles. The van der Waals surface area contributed by atoms with Gasteiger partial charge in [-0.3, -0.25) is 33.6 Å². The monoisotopic (exact) mass is 992 g/mol. The number of esters is 1. The Labute approximate surface area is 406 Å². The summed E-state index contributed by atoms with van der Waals surface area (Å²) in [5.74, 6) is -8.27. The third-order valence-electron chi connectivity index (χ3n) is 11.2. The van der Waals surface area contributed by atoms with Crippen molar-refractivity contribution in [3.63, 3.8) is 0 Å². The van der Waals surface area contributed by atoms with Gasteiger partial charge in [-0.2, -0.15) is 0 Å². The van der Waals surface area contributed by atoms with Crippen LogP contribution in [-0.4, -0.2) is 131 Å². The molecule has 1 heterocycles. The van der Waals surface area contributed by atoms with Crippen LogP contribution >= 0.6 is 11.6 Å². The molecule has 384 valence electrons. The van der Waals surface area contributed by atoms with Crippen molar-refractivity contribution in [1.82, 2.24) is 36.8 Å². The second-order valence-corrected chi connectivity index (χ2v) is 18.9. The number of aliphatic carboxylic acids is 1. The van der Waals surface area contributed by atoms with Gasteiger partial charge >= 0.3 is 24.1 Å². The number of alkyl carbamates (subject to hydrolysis) is 2. The molecule has 1 aliphatic carbocycles. The Kier molecular flexibility index (Phi) is 22.9. The van der Waals surface area contributed by atoms with Crippen LogP contribution in [0.25, 0.3) is 0 Å². The fourth-order valence-electron chi connectivity index (χ4n) is 7.63. The van der Waals surface area contributed by atoms with Gasteiger partial charge in [0.15, 0.2) is 0 Å². The summed E-state index contributed by atoms with van der Waals surface area (Å²) >= 11 is 6.13. The average molecular weight is 994 g/mol. The van der Waals surface area contributed by atoms with E-state index in [-0.39, 0.29) is 39.0 Å². The third-order valence-corrected chi connectivity index (χ3v) is 11.6. The highest BCUT2D eigenvalue weighted by atomic mass is 35.5. The highest BCUT2D eigenvalue weighted by molar-refractivity contribution is 6.31. The minimum Gasteiger partial charge on any atom is -0.480 e. The third kappa shape index (κ3) is 20.1. The van der Waals surface area contributed by atoms with Crippen molar-refractivity contribution < 1.29 is 67.3 Å². The first-order valence-electron chi connectivity index (χ1n) is 23.3. The van der Waals surface area contributed by atoms with Crippen molar-refractivity contribution in [3.05, 3.63) is 34.9 Å². The number of primary amides is 1. The number of carboxylic acids is 1. The quantitative estimate of drug-likeness (QED) is 0.0419. The molecule has 0 aromatic heterocycles. The fraction of sp³-hybridized carbons (Fsp3) is 0.652. The number of unbranched alkanes of at least 4 members (excludes halogenated alkanes) is 1. The molecule has 1 saturated carbocycles. The van der Waals surface area contributed by atoms with E-state index in [2.05, 4.69) is 31.9 Å². The predicted molar refractivity (Wildman–Crippen MR) is 249 cm³/mol. The number of hydrogen-bond acceptors (Lipinski definition) is 13.